The molecule has 0 spiro atoms. The van der Waals surface area contributed by atoms with Crippen LogP contribution in [0.15, 0.2) is 59.5 Å². The van der Waals surface area contributed by atoms with Crippen LogP contribution in [0.5, 0.6) is 5.75 Å². The Bertz CT molecular complexity index is 1720. The summed E-state index contributed by atoms with van der Waals surface area (Å²) in [6.07, 6.45) is 1.60. The zero-order chi connectivity index (χ0) is 32.8. The van der Waals surface area contributed by atoms with Gasteiger partial charge in [-0.2, -0.15) is 0 Å². The minimum absolute atomic E-state index is 0.00422. The number of carbonyl (C=O) groups excluding carboxylic acids is 2. The third-order valence-corrected chi connectivity index (χ3v) is 9.35. The van der Waals surface area contributed by atoms with Crippen LogP contribution in [0, 0.1) is 5.82 Å². The average molecular weight is 705 g/mol. The van der Waals surface area contributed by atoms with Gasteiger partial charge in [-0.25, -0.2) is 9.18 Å². The van der Waals surface area contributed by atoms with E-state index in [0.717, 1.165) is 54.7 Å². The van der Waals surface area contributed by atoms with E-state index in [1.165, 1.54) is 11.0 Å². The van der Waals surface area contributed by atoms with Crippen molar-refractivity contribution in [2.75, 3.05) is 51.3 Å². The van der Waals surface area contributed by atoms with Gasteiger partial charge in [-0.1, -0.05) is 59.3 Å². The number of thioether (sulfide) groups is 1. The summed E-state index contributed by atoms with van der Waals surface area (Å²) in [4.78, 5) is 41.0. The smallest absolute Gasteiger partial charge is 0.338 e. The van der Waals surface area contributed by atoms with Crippen molar-refractivity contribution >= 4 is 81.0 Å². The van der Waals surface area contributed by atoms with Crippen LogP contribution < -0.4 is 10.1 Å². The van der Waals surface area contributed by atoms with E-state index in [2.05, 4.69) is 10.2 Å². The van der Waals surface area contributed by atoms with E-state index in [1.54, 1.807) is 18.2 Å². The molecule has 14 heteroatoms. The van der Waals surface area contributed by atoms with Gasteiger partial charge in [0.2, 0.25) is 5.91 Å². The van der Waals surface area contributed by atoms with E-state index in [4.69, 9.17) is 50.0 Å². The molecule has 0 unspecified atom stereocenters. The summed E-state index contributed by atoms with van der Waals surface area (Å²) in [5.74, 6) is -2.65. The topological polar surface area (TPSA) is 108 Å². The molecule has 2 heterocycles. The normalized spacial score (nSPS) is 16.2. The number of carbonyl (C=O) groups is 3. The lowest BCUT2D eigenvalue weighted by molar-refractivity contribution is -0.122. The molecule has 0 bridgehead atoms. The third-order valence-electron chi connectivity index (χ3n) is 7.24. The number of halogens is 3. The second-order valence-electron chi connectivity index (χ2n) is 10.3. The first-order valence-electron chi connectivity index (χ1n) is 14.2. The summed E-state index contributed by atoms with van der Waals surface area (Å²) in [6.45, 7) is 4.19. The number of hydrogen-bond donors (Lipinski definition) is 2. The van der Waals surface area contributed by atoms with Crippen molar-refractivity contribution < 1.29 is 33.4 Å². The van der Waals surface area contributed by atoms with E-state index in [1.807, 2.05) is 24.3 Å². The first kappa shape index (κ1) is 33.8. The Labute approximate surface area is 284 Å². The fourth-order valence-corrected chi connectivity index (χ4v) is 6.39. The van der Waals surface area contributed by atoms with Crippen molar-refractivity contribution in [3.8, 4) is 16.9 Å². The van der Waals surface area contributed by atoms with E-state index in [-0.39, 0.29) is 28.9 Å². The van der Waals surface area contributed by atoms with Crippen LogP contribution in [0.4, 0.5) is 10.1 Å². The number of thiocarbonyl (C=S) groups is 1. The van der Waals surface area contributed by atoms with Crippen molar-refractivity contribution in [3.63, 3.8) is 0 Å². The van der Waals surface area contributed by atoms with Crippen LogP contribution in [0.1, 0.15) is 22.3 Å². The third kappa shape index (κ3) is 8.44. The monoisotopic (exact) mass is 703 g/mol. The minimum Gasteiger partial charge on any atom is -0.492 e. The van der Waals surface area contributed by atoms with E-state index < -0.39 is 23.3 Å². The number of nitrogens with zero attached hydrogens (tertiary/aromatic N) is 2. The Hall–Kier alpha value is -3.52. The lowest BCUT2D eigenvalue weighted by Gasteiger charge is -2.26. The fourth-order valence-electron chi connectivity index (χ4n) is 4.79. The molecule has 3 aromatic rings. The summed E-state index contributed by atoms with van der Waals surface area (Å²) in [7, 11) is 0. The van der Waals surface area contributed by atoms with Crippen molar-refractivity contribution in [2.45, 2.75) is 6.42 Å². The highest BCUT2D eigenvalue weighted by Crippen LogP contribution is 2.37. The number of ether oxygens (including phenoxy) is 2. The molecule has 0 aromatic heterocycles. The molecule has 0 atom stereocenters. The van der Waals surface area contributed by atoms with Crippen LogP contribution >= 0.6 is 47.2 Å². The Kier molecular flexibility index (Phi) is 11.3. The fraction of sp³-hybridized carbons (Fsp3) is 0.250. The van der Waals surface area contributed by atoms with Crippen LogP contribution in [0.2, 0.25) is 10.0 Å². The highest BCUT2D eigenvalue weighted by molar-refractivity contribution is 8.26. The maximum atomic E-state index is 14.0. The number of benzene rings is 3. The Morgan fingerprint density at radius 3 is 2.50 bits per heavy atom. The lowest BCUT2D eigenvalue weighted by atomic mass is 10.0. The second-order valence-corrected chi connectivity index (χ2v) is 12.8. The molecule has 0 radical (unpaired) electrons. The van der Waals surface area contributed by atoms with Gasteiger partial charge < -0.3 is 19.9 Å². The summed E-state index contributed by atoms with van der Waals surface area (Å²) in [6, 6.07) is 14.3. The van der Waals surface area contributed by atoms with Gasteiger partial charge in [0.05, 0.1) is 33.7 Å². The molecule has 240 valence electrons. The molecule has 0 aliphatic carbocycles. The SMILES string of the molecule is O=C(CCN1C(=O)/C(=C/c2cc(-c3ccc(Cl)c(Cl)c3)ccc2OCCN2CCOCC2)SC1=S)Nc1ccc(C(=O)O)c(F)c1. The zero-order valence-corrected chi connectivity index (χ0v) is 27.4. The summed E-state index contributed by atoms with van der Waals surface area (Å²) < 4.78 is 25.9. The molecule has 2 amide bonds. The molecule has 2 saturated heterocycles. The number of rotatable bonds is 11. The van der Waals surface area contributed by atoms with Crippen LogP contribution in [0.3, 0.4) is 0 Å². The van der Waals surface area contributed by atoms with Crippen molar-refractivity contribution in [2.24, 2.45) is 0 Å². The van der Waals surface area contributed by atoms with Gasteiger partial charge in [-0.15, -0.1) is 0 Å². The highest BCUT2D eigenvalue weighted by Gasteiger charge is 2.32. The van der Waals surface area contributed by atoms with Gasteiger partial charge >= 0.3 is 5.97 Å². The number of morpholine rings is 1. The molecule has 46 heavy (non-hydrogen) atoms. The van der Waals surface area contributed by atoms with Gasteiger partial charge in [0.25, 0.3) is 5.91 Å². The Balaban J connectivity index is 1.30. The highest BCUT2D eigenvalue weighted by atomic mass is 35.5. The lowest BCUT2D eigenvalue weighted by Crippen LogP contribution is -2.38. The van der Waals surface area contributed by atoms with Crippen molar-refractivity contribution in [1.29, 1.82) is 0 Å². The molecule has 2 fully saturated rings. The first-order chi connectivity index (χ1) is 22.1. The second kappa shape index (κ2) is 15.4. The molecule has 2 N–H and O–H groups in total. The number of carboxylic acids is 1. The van der Waals surface area contributed by atoms with Crippen LogP contribution in [0.25, 0.3) is 17.2 Å². The van der Waals surface area contributed by atoms with Gasteiger partial charge in [0, 0.05) is 43.9 Å². The predicted molar refractivity (Wildman–Crippen MR) is 181 cm³/mol. The quantitative estimate of drug-likeness (QED) is 0.172. The van der Waals surface area contributed by atoms with Crippen molar-refractivity contribution in [3.05, 3.63) is 86.5 Å². The molecule has 2 aliphatic heterocycles. The maximum Gasteiger partial charge on any atom is 0.338 e. The first-order valence-corrected chi connectivity index (χ1v) is 16.2. The van der Waals surface area contributed by atoms with Gasteiger partial charge in [-0.05, 0) is 59.7 Å². The van der Waals surface area contributed by atoms with Gasteiger partial charge in [0.1, 0.15) is 22.5 Å². The minimum atomic E-state index is -1.41. The maximum absolute atomic E-state index is 14.0. The summed E-state index contributed by atoms with van der Waals surface area (Å²) in [5.41, 5.74) is 1.93. The van der Waals surface area contributed by atoms with E-state index in [9.17, 15) is 18.8 Å². The Morgan fingerprint density at radius 1 is 1.04 bits per heavy atom. The number of hydrogen-bond acceptors (Lipinski definition) is 8. The zero-order valence-electron chi connectivity index (χ0n) is 24.3. The van der Waals surface area contributed by atoms with Gasteiger partial charge in [-0.3, -0.25) is 19.4 Å². The average Bonchev–Trinajstić information content (AvgIpc) is 3.29. The molecular weight excluding hydrogens is 676 g/mol. The predicted octanol–water partition coefficient (Wildman–Crippen LogP) is 6.44. The molecule has 5 rings (SSSR count). The molecular formula is C32H28Cl2FN3O6S2. The number of anilines is 1. The van der Waals surface area contributed by atoms with Crippen molar-refractivity contribution in [1.82, 2.24) is 9.80 Å². The van der Waals surface area contributed by atoms with Crippen LogP contribution in [-0.2, 0) is 14.3 Å². The Morgan fingerprint density at radius 2 is 1.78 bits per heavy atom. The van der Waals surface area contributed by atoms with Crippen LogP contribution in [-0.4, -0.2) is 83.0 Å². The van der Waals surface area contributed by atoms with E-state index >= 15 is 0 Å². The molecule has 3 aromatic carbocycles. The molecule has 0 saturated carbocycles. The van der Waals surface area contributed by atoms with E-state index in [0.29, 0.717) is 46.1 Å². The molecule has 9 nitrogen and oxygen atoms in total. The number of aromatic carboxylic acids is 1. The number of carboxylic acid groups (broad SMARTS) is 1. The summed E-state index contributed by atoms with van der Waals surface area (Å²) in [5, 5.41) is 12.4. The van der Waals surface area contributed by atoms with Gasteiger partial charge in [0.15, 0.2) is 0 Å². The number of amides is 2. The molecule has 2 aliphatic rings. The number of nitrogens with one attached hydrogen (secondary N) is 1. The summed E-state index contributed by atoms with van der Waals surface area (Å²) >= 11 is 19.0. The largest absolute Gasteiger partial charge is 0.492 e. The standard InChI is InChI=1S/C32H28Cl2FN3O6S2/c33-24-5-1-20(16-25(24)34)19-2-6-27(44-14-11-37-9-12-43-13-10-37)21(15-19)17-28-30(40)38(32(45)46-28)8-7-29(39)36-22-3-4-23(31(41)42)26(35)18-22/h1-6,15-18H,7-14H2,(H,36,39)(H,41,42)/b28-17-.